The molecule has 2 atom stereocenters. The predicted molar refractivity (Wildman–Crippen MR) is 68.8 cm³/mol. The van der Waals surface area contributed by atoms with Crippen LogP contribution in [-0.2, 0) is 9.53 Å². The minimum absolute atomic E-state index is 0. The lowest BCUT2D eigenvalue weighted by Gasteiger charge is -2.18. The maximum atomic E-state index is 13.7. The number of carbonyl (C=O) groups excluding carboxylic acids is 1. The molecule has 1 aromatic carbocycles. The van der Waals surface area contributed by atoms with Crippen LogP contribution >= 0.6 is 24.0 Å². The van der Waals surface area contributed by atoms with Crippen molar-refractivity contribution >= 4 is 30.0 Å². The summed E-state index contributed by atoms with van der Waals surface area (Å²) in [5.41, 5.74) is 5.09. The van der Waals surface area contributed by atoms with E-state index in [1.165, 1.54) is 6.92 Å². The van der Waals surface area contributed by atoms with Crippen molar-refractivity contribution in [2.24, 2.45) is 5.73 Å². The number of aromatic hydroxyl groups is 1. The van der Waals surface area contributed by atoms with Crippen LogP contribution in [0.1, 0.15) is 18.5 Å². The van der Waals surface area contributed by atoms with Crippen molar-refractivity contribution < 1.29 is 23.4 Å². The Morgan fingerprint density at radius 1 is 1.58 bits per heavy atom. The van der Waals surface area contributed by atoms with Gasteiger partial charge in [-0.05, 0) is 19.1 Å². The number of nitrogens with two attached hydrogens (primary N) is 1. The molecule has 1 unspecified atom stereocenters. The van der Waals surface area contributed by atoms with Crippen molar-refractivity contribution in [1.29, 1.82) is 0 Å². The molecule has 0 bridgehead atoms. The number of phenolic OH excluding ortho intramolecular Hbond substituents is 1. The van der Waals surface area contributed by atoms with Gasteiger partial charge in [0, 0.05) is 10.6 Å². The highest BCUT2D eigenvalue weighted by molar-refractivity contribution is 6.31. The molecule has 108 valence electrons. The van der Waals surface area contributed by atoms with Crippen molar-refractivity contribution in [1.82, 2.24) is 0 Å². The third-order valence-corrected chi connectivity index (χ3v) is 2.60. The van der Waals surface area contributed by atoms with Crippen LogP contribution in [-0.4, -0.2) is 23.9 Å². The lowest BCUT2D eigenvalue weighted by Crippen LogP contribution is -2.31. The molecular formula is C11H13Cl2F2NO3. The van der Waals surface area contributed by atoms with E-state index in [1.807, 2.05) is 0 Å². The molecular weight excluding hydrogens is 303 g/mol. The smallest absolute Gasteiger partial charge is 0.342 e. The number of ether oxygens (including phenoxy) is 1. The molecule has 0 heterocycles. The first-order chi connectivity index (χ1) is 8.40. The van der Waals surface area contributed by atoms with Gasteiger partial charge in [0.25, 0.3) is 0 Å². The SMILES string of the molecule is CCOC(=O)C(F)[C@H](N)c1c(Cl)ccc(F)c1O.Cl. The number of esters is 1. The van der Waals surface area contributed by atoms with Crippen molar-refractivity contribution in [3.63, 3.8) is 0 Å². The number of hydrogen-bond acceptors (Lipinski definition) is 4. The Hall–Kier alpha value is -1.11. The molecule has 3 N–H and O–H groups in total. The summed E-state index contributed by atoms with van der Waals surface area (Å²) in [6.45, 7) is 1.48. The molecule has 0 amide bonds. The minimum atomic E-state index is -2.24. The van der Waals surface area contributed by atoms with Crippen LogP contribution in [0.5, 0.6) is 5.75 Å². The van der Waals surface area contributed by atoms with Crippen molar-refractivity contribution in [2.75, 3.05) is 6.61 Å². The quantitative estimate of drug-likeness (QED) is 0.837. The highest BCUT2D eigenvalue weighted by atomic mass is 35.5. The molecule has 19 heavy (non-hydrogen) atoms. The Morgan fingerprint density at radius 3 is 2.68 bits per heavy atom. The van der Waals surface area contributed by atoms with Crippen LogP contribution in [0.25, 0.3) is 0 Å². The summed E-state index contributed by atoms with van der Waals surface area (Å²) in [7, 11) is 0. The third-order valence-electron chi connectivity index (χ3n) is 2.28. The average Bonchev–Trinajstić information content (AvgIpc) is 2.33. The predicted octanol–water partition coefficient (Wildman–Crippen LogP) is 2.51. The molecule has 0 fully saturated rings. The zero-order chi connectivity index (χ0) is 13.9. The van der Waals surface area contributed by atoms with Gasteiger partial charge in [0.2, 0.25) is 6.17 Å². The van der Waals surface area contributed by atoms with Gasteiger partial charge in [0.15, 0.2) is 11.6 Å². The van der Waals surface area contributed by atoms with Crippen molar-refractivity contribution in [2.45, 2.75) is 19.1 Å². The van der Waals surface area contributed by atoms with Gasteiger partial charge in [0.1, 0.15) is 0 Å². The van der Waals surface area contributed by atoms with E-state index in [0.29, 0.717) is 0 Å². The average molecular weight is 316 g/mol. The van der Waals surface area contributed by atoms with E-state index in [9.17, 15) is 18.7 Å². The minimum Gasteiger partial charge on any atom is -0.505 e. The Labute approximate surface area is 119 Å². The van der Waals surface area contributed by atoms with Gasteiger partial charge in [-0.15, -0.1) is 12.4 Å². The van der Waals surface area contributed by atoms with Gasteiger partial charge >= 0.3 is 5.97 Å². The van der Waals surface area contributed by atoms with E-state index in [4.69, 9.17) is 17.3 Å². The molecule has 0 saturated carbocycles. The Bertz CT molecular complexity index is 460. The van der Waals surface area contributed by atoms with Gasteiger partial charge in [0.05, 0.1) is 12.6 Å². The monoisotopic (exact) mass is 315 g/mol. The zero-order valence-electron chi connectivity index (χ0n) is 9.90. The number of phenols is 1. The van der Waals surface area contributed by atoms with E-state index in [-0.39, 0.29) is 29.6 Å². The molecule has 4 nitrogen and oxygen atoms in total. The molecule has 0 aliphatic heterocycles. The standard InChI is InChI=1S/C11H12ClF2NO3.ClH/c1-2-18-11(17)8(14)9(15)7-5(12)3-4-6(13)10(7)16;/h3-4,8-9,16H,2,15H2,1H3;1H/t8?,9-;/m1./s1. The fourth-order valence-corrected chi connectivity index (χ4v) is 1.67. The van der Waals surface area contributed by atoms with E-state index >= 15 is 0 Å². The van der Waals surface area contributed by atoms with Crippen LogP contribution in [0, 0.1) is 5.82 Å². The number of benzene rings is 1. The number of halogens is 4. The molecule has 0 aromatic heterocycles. The molecule has 1 aromatic rings. The Morgan fingerprint density at radius 2 is 2.16 bits per heavy atom. The fourth-order valence-electron chi connectivity index (χ4n) is 1.39. The third kappa shape index (κ3) is 3.92. The first kappa shape index (κ1) is 17.9. The Kier molecular flexibility index (Phi) is 7.04. The van der Waals surface area contributed by atoms with E-state index in [0.717, 1.165) is 12.1 Å². The summed E-state index contributed by atoms with van der Waals surface area (Å²) in [6.07, 6.45) is -2.24. The summed E-state index contributed by atoms with van der Waals surface area (Å²) < 4.78 is 31.2. The number of hydrogen-bond donors (Lipinski definition) is 2. The molecule has 0 saturated heterocycles. The van der Waals surface area contributed by atoms with Crippen LogP contribution < -0.4 is 5.73 Å². The summed E-state index contributed by atoms with van der Waals surface area (Å²) in [5.74, 6) is -3.06. The molecule has 0 aliphatic carbocycles. The molecule has 0 radical (unpaired) electrons. The normalized spacial score (nSPS) is 13.3. The first-order valence-electron chi connectivity index (χ1n) is 5.13. The molecule has 0 aliphatic rings. The first-order valence-corrected chi connectivity index (χ1v) is 5.51. The second kappa shape index (κ2) is 7.47. The summed E-state index contributed by atoms with van der Waals surface area (Å²) in [5, 5.41) is 9.32. The highest BCUT2D eigenvalue weighted by Gasteiger charge is 2.32. The number of rotatable bonds is 4. The van der Waals surface area contributed by atoms with Crippen molar-refractivity contribution in [3.8, 4) is 5.75 Å². The lowest BCUT2D eigenvalue weighted by molar-refractivity contribution is -0.149. The maximum absolute atomic E-state index is 13.7. The lowest BCUT2D eigenvalue weighted by atomic mass is 10.0. The summed E-state index contributed by atoms with van der Waals surface area (Å²) in [4.78, 5) is 11.2. The summed E-state index contributed by atoms with van der Waals surface area (Å²) >= 11 is 5.70. The van der Waals surface area contributed by atoms with Crippen LogP contribution in [0.4, 0.5) is 8.78 Å². The molecule has 8 heteroatoms. The fraction of sp³-hybridized carbons (Fsp3) is 0.364. The zero-order valence-corrected chi connectivity index (χ0v) is 11.5. The van der Waals surface area contributed by atoms with Crippen LogP contribution in [0.15, 0.2) is 12.1 Å². The van der Waals surface area contributed by atoms with Crippen LogP contribution in [0.2, 0.25) is 5.02 Å². The largest absolute Gasteiger partial charge is 0.505 e. The Balaban J connectivity index is 0.00000324. The van der Waals surface area contributed by atoms with Gasteiger partial charge in [-0.2, -0.15) is 0 Å². The van der Waals surface area contributed by atoms with E-state index < -0.39 is 29.7 Å². The second-order valence-corrected chi connectivity index (χ2v) is 3.88. The van der Waals surface area contributed by atoms with Crippen LogP contribution in [0.3, 0.4) is 0 Å². The summed E-state index contributed by atoms with van der Waals surface area (Å²) in [6, 6.07) is 0.419. The van der Waals surface area contributed by atoms with E-state index in [1.54, 1.807) is 0 Å². The van der Waals surface area contributed by atoms with Gasteiger partial charge < -0.3 is 15.6 Å². The van der Waals surface area contributed by atoms with Gasteiger partial charge in [-0.1, -0.05) is 11.6 Å². The van der Waals surface area contributed by atoms with Gasteiger partial charge in [-0.3, -0.25) is 0 Å². The molecule has 0 spiro atoms. The highest BCUT2D eigenvalue weighted by Crippen LogP contribution is 2.34. The second-order valence-electron chi connectivity index (χ2n) is 3.47. The maximum Gasteiger partial charge on any atom is 0.342 e. The topological polar surface area (TPSA) is 72.5 Å². The number of alkyl halides is 1. The molecule has 1 rings (SSSR count). The van der Waals surface area contributed by atoms with Gasteiger partial charge in [-0.25, -0.2) is 13.6 Å². The number of carbonyl (C=O) groups is 1. The van der Waals surface area contributed by atoms with Crippen molar-refractivity contribution in [3.05, 3.63) is 28.5 Å². The van der Waals surface area contributed by atoms with E-state index in [2.05, 4.69) is 4.74 Å².